The maximum absolute atomic E-state index is 12.4. The van der Waals surface area contributed by atoms with Gasteiger partial charge in [-0.2, -0.15) is 5.26 Å². The fraction of sp³-hybridized carbons (Fsp3) is 0.100. The zero-order valence-electron chi connectivity index (χ0n) is 15.1. The number of anilines is 1. The highest BCUT2D eigenvalue weighted by Gasteiger charge is 2.14. The number of amides is 1. The number of nitro groups is 1. The van der Waals surface area contributed by atoms with Crippen LogP contribution in [0.25, 0.3) is 6.08 Å². The zero-order chi connectivity index (χ0) is 20.7. The molecule has 0 aliphatic heterocycles. The molecule has 0 radical (unpaired) electrons. The molecule has 0 saturated carbocycles. The molecule has 0 unspecified atom stereocenters. The molecule has 0 heterocycles. The van der Waals surface area contributed by atoms with Gasteiger partial charge in [0.15, 0.2) is 0 Å². The molecule has 0 atom stereocenters. The monoisotopic (exact) mass is 397 g/mol. The minimum absolute atomic E-state index is 0.0727. The third kappa shape index (κ3) is 4.96. The number of halogens is 1. The number of carbonyl (C=O) groups excluding carboxylic acids is 1. The predicted octanol–water partition coefficient (Wildman–Crippen LogP) is 4.67. The number of nitrogens with zero attached hydrogens (tertiary/aromatic N) is 2. The number of hydrogen-bond acceptors (Lipinski definition) is 5. The Labute approximate surface area is 166 Å². The molecule has 7 nitrogen and oxygen atoms in total. The van der Waals surface area contributed by atoms with Gasteiger partial charge in [0.2, 0.25) is 0 Å². The molecule has 2 aromatic rings. The molecule has 0 fully saturated rings. The van der Waals surface area contributed by atoms with Crippen LogP contribution in [0.2, 0.25) is 5.02 Å². The van der Waals surface area contributed by atoms with Crippen LogP contribution in [0.1, 0.15) is 11.1 Å². The van der Waals surface area contributed by atoms with Crippen molar-refractivity contribution < 1.29 is 14.5 Å². The summed E-state index contributed by atoms with van der Waals surface area (Å²) in [6.07, 6.45) is 4.14. The first-order valence-corrected chi connectivity index (χ1v) is 8.42. The summed E-state index contributed by atoms with van der Waals surface area (Å²) in [6.45, 7) is 1.77. The molecule has 0 aliphatic carbocycles. The Morgan fingerprint density at radius 3 is 2.71 bits per heavy atom. The Balaban J connectivity index is 2.24. The first-order chi connectivity index (χ1) is 13.4. The highest BCUT2D eigenvalue weighted by molar-refractivity contribution is 6.31. The molecule has 28 heavy (non-hydrogen) atoms. The molecule has 142 valence electrons. The van der Waals surface area contributed by atoms with Crippen molar-refractivity contribution in [3.63, 3.8) is 0 Å². The maximum Gasteiger partial charge on any atom is 0.276 e. The standard InChI is InChI=1S/C20H16ClN3O4/c1-13-10-17(19(28-2)11-16(13)21)23-20(25)15(12-22)8-5-7-14-6-3-4-9-18(14)24(26)27/h3-11H,1-2H3,(H,23,25). The molecular weight excluding hydrogens is 382 g/mol. The molecule has 1 N–H and O–H groups in total. The lowest BCUT2D eigenvalue weighted by Gasteiger charge is -2.11. The number of aryl methyl sites for hydroxylation is 1. The van der Waals surface area contributed by atoms with E-state index >= 15 is 0 Å². The number of nitriles is 1. The molecule has 8 heteroatoms. The van der Waals surface area contributed by atoms with Crippen molar-refractivity contribution in [2.75, 3.05) is 12.4 Å². The highest BCUT2D eigenvalue weighted by Crippen LogP contribution is 2.31. The van der Waals surface area contributed by atoms with Crippen molar-refractivity contribution in [3.05, 3.63) is 80.4 Å². The largest absolute Gasteiger partial charge is 0.495 e. The number of nitro benzene ring substituents is 1. The van der Waals surface area contributed by atoms with Crippen LogP contribution in [0.4, 0.5) is 11.4 Å². The van der Waals surface area contributed by atoms with Crippen molar-refractivity contribution >= 4 is 35.0 Å². The molecule has 0 bridgehead atoms. The van der Waals surface area contributed by atoms with E-state index in [1.807, 2.05) is 0 Å². The van der Waals surface area contributed by atoms with E-state index in [0.717, 1.165) is 5.56 Å². The summed E-state index contributed by atoms with van der Waals surface area (Å²) in [6, 6.07) is 11.2. The SMILES string of the molecule is COc1cc(Cl)c(C)cc1NC(=O)C(C#N)=CC=Cc1ccccc1[N+](=O)[O-]. The second kappa shape index (κ2) is 9.35. The van der Waals surface area contributed by atoms with E-state index < -0.39 is 10.8 Å². The number of nitrogens with one attached hydrogen (secondary N) is 1. The van der Waals surface area contributed by atoms with Crippen LogP contribution < -0.4 is 10.1 Å². The molecule has 0 aliphatic rings. The van der Waals surface area contributed by atoms with Crippen molar-refractivity contribution in [2.24, 2.45) is 0 Å². The van der Waals surface area contributed by atoms with Gasteiger partial charge in [-0.05, 0) is 36.8 Å². The summed E-state index contributed by atoms with van der Waals surface area (Å²) in [5, 5.41) is 23.4. The number of methoxy groups -OCH3 is 1. The first-order valence-electron chi connectivity index (χ1n) is 8.04. The maximum atomic E-state index is 12.4. The average Bonchev–Trinajstić information content (AvgIpc) is 2.68. The molecule has 2 rings (SSSR count). The Morgan fingerprint density at radius 2 is 2.07 bits per heavy atom. The van der Waals surface area contributed by atoms with Crippen LogP contribution in [0.15, 0.2) is 54.1 Å². The number of carbonyl (C=O) groups is 1. The molecule has 0 aromatic heterocycles. The van der Waals surface area contributed by atoms with E-state index in [-0.39, 0.29) is 11.3 Å². The fourth-order valence-corrected chi connectivity index (χ4v) is 2.48. The van der Waals surface area contributed by atoms with E-state index in [4.69, 9.17) is 16.3 Å². The summed E-state index contributed by atoms with van der Waals surface area (Å²) < 4.78 is 5.19. The second-order valence-electron chi connectivity index (χ2n) is 5.62. The van der Waals surface area contributed by atoms with Crippen molar-refractivity contribution in [3.8, 4) is 11.8 Å². The van der Waals surface area contributed by atoms with Crippen LogP contribution in [-0.2, 0) is 4.79 Å². The van der Waals surface area contributed by atoms with E-state index in [2.05, 4.69) is 5.32 Å². The third-order valence-electron chi connectivity index (χ3n) is 3.77. The summed E-state index contributed by atoms with van der Waals surface area (Å²) in [5.41, 5.74) is 1.21. The summed E-state index contributed by atoms with van der Waals surface area (Å²) in [5.74, 6) is -0.286. The molecular formula is C20H16ClN3O4. The van der Waals surface area contributed by atoms with E-state index in [1.54, 1.807) is 43.3 Å². The normalized spacial score (nSPS) is 11.1. The van der Waals surface area contributed by atoms with Crippen molar-refractivity contribution in [1.29, 1.82) is 5.26 Å². The smallest absolute Gasteiger partial charge is 0.276 e. The fourth-order valence-electron chi connectivity index (χ4n) is 2.33. The Hall–Kier alpha value is -3.63. The summed E-state index contributed by atoms with van der Waals surface area (Å²) in [7, 11) is 1.44. The van der Waals surface area contributed by atoms with E-state index in [1.165, 1.54) is 31.4 Å². The number of benzene rings is 2. The number of para-hydroxylation sites is 1. The highest BCUT2D eigenvalue weighted by atomic mass is 35.5. The van der Waals surface area contributed by atoms with Gasteiger partial charge in [0, 0.05) is 17.2 Å². The minimum atomic E-state index is -0.644. The van der Waals surface area contributed by atoms with Crippen molar-refractivity contribution in [1.82, 2.24) is 0 Å². The number of rotatable bonds is 6. The van der Waals surface area contributed by atoms with Crippen molar-refractivity contribution in [2.45, 2.75) is 6.92 Å². The van der Waals surface area contributed by atoms with Crippen LogP contribution in [0.3, 0.4) is 0 Å². The van der Waals surface area contributed by atoms with Gasteiger partial charge < -0.3 is 10.1 Å². The van der Waals surface area contributed by atoms with Gasteiger partial charge in [0.05, 0.1) is 23.3 Å². The minimum Gasteiger partial charge on any atom is -0.495 e. The lowest BCUT2D eigenvalue weighted by molar-refractivity contribution is -0.385. The lowest BCUT2D eigenvalue weighted by Crippen LogP contribution is -2.14. The van der Waals surface area contributed by atoms with E-state index in [0.29, 0.717) is 22.0 Å². The predicted molar refractivity (Wildman–Crippen MR) is 107 cm³/mol. The molecule has 1 amide bonds. The average molecular weight is 398 g/mol. The topological polar surface area (TPSA) is 105 Å². The van der Waals surface area contributed by atoms with E-state index in [9.17, 15) is 20.2 Å². The van der Waals surface area contributed by atoms with Gasteiger partial charge >= 0.3 is 0 Å². The Morgan fingerprint density at radius 1 is 1.36 bits per heavy atom. The Bertz CT molecular complexity index is 1020. The van der Waals surface area contributed by atoms with Gasteiger partial charge in [0.25, 0.3) is 11.6 Å². The number of hydrogen-bond donors (Lipinski definition) is 1. The molecule has 0 saturated heterocycles. The molecule has 0 spiro atoms. The third-order valence-corrected chi connectivity index (χ3v) is 4.17. The zero-order valence-corrected chi connectivity index (χ0v) is 15.9. The van der Waals surface area contributed by atoms with Crippen LogP contribution >= 0.6 is 11.6 Å². The Kier molecular flexibility index (Phi) is 6.90. The quantitative estimate of drug-likeness (QED) is 0.251. The van der Waals surface area contributed by atoms with Gasteiger partial charge in [-0.3, -0.25) is 14.9 Å². The number of allylic oxidation sites excluding steroid dienone is 2. The van der Waals surface area contributed by atoms with Crippen LogP contribution in [0.5, 0.6) is 5.75 Å². The van der Waals surface area contributed by atoms with Gasteiger partial charge in [-0.25, -0.2) is 0 Å². The van der Waals surface area contributed by atoms with Gasteiger partial charge in [-0.15, -0.1) is 0 Å². The molecule has 2 aromatic carbocycles. The first kappa shape index (κ1) is 20.7. The summed E-state index contributed by atoms with van der Waals surface area (Å²) in [4.78, 5) is 22.9. The van der Waals surface area contributed by atoms with Crippen LogP contribution in [0, 0.1) is 28.4 Å². The van der Waals surface area contributed by atoms with Crippen LogP contribution in [-0.4, -0.2) is 17.9 Å². The lowest BCUT2D eigenvalue weighted by atomic mass is 10.1. The second-order valence-corrected chi connectivity index (χ2v) is 6.03. The van der Waals surface area contributed by atoms with Gasteiger partial charge in [-0.1, -0.05) is 29.8 Å². The number of ether oxygens (including phenoxy) is 1. The summed E-state index contributed by atoms with van der Waals surface area (Å²) >= 11 is 6.04. The van der Waals surface area contributed by atoms with Gasteiger partial charge in [0.1, 0.15) is 17.4 Å².